The molecule has 8 heteroatoms. The van der Waals surface area contributed by atoms with Crippen LogP contribution in [0, 0.1) is 6.92 Å². The summed E-state index contributed by atoms with van der Waals surface area (Å²) in [6.45, 7) is 1.52. The molecule has 1 aromatic heterocycles. The molecule has 0 bridgehead atoms. The van der Waals surface area contributed by atoms with Crippen LogP contribution in [0.25, 0.3) is 0 Å². The van der Waals surface area contributed by atoms with Crippen molar-refractivity contribution in [3.8, 4) is 0 Å². The van der Waals surface area contributed by atoms with Crippen LogP contribution in [0.4, 0.5) is 4.79 Å². The summed E-state index contributed by atoms with van der Waals surface area (Å²) in [4.78, 5) is 21.4. The first-order chi connectivity index (χ1) is 7.99. The number of carboxylic acid groups (broad SMARTS) is 1. The third kappa shape index (κ3) is 4.51. The lowest BCUT2D eigenvalue weighted by molar-refractivity contribution is -0.146. The highest BCUT2D eigenvalue weighted by atomic mass is 16.5. The second-order valence-electron chi connectivity index (χ2n) is 3.35. The number of rotatable bonds is 5. The number of amides is 2. The van der Waals surface area contributed by atoms with Gasteiger partial charge in [-0.15, -0.1) is 0 Å². The van der Waals surface area contributed by atoms with Gasteiger partial charge in [0.25, 0.3) is 0 Å². The first kappa shape index (κ1) is 13.0. The second-order valence-corrected chi connectivity index (χ2v) is 3.35. The molecule has 0 saturated carbocycles. The maximum absolute atomic E-state index is 11.2. The van der Waals surface area contributed by atoms with E-state index in [1.54, 1.807) is 13.0 Å². The third-order valence-corrected chi connectivity index (χ3v) is 1.84. The van der Waals surface area contributed by atoms with Gasteiger partial charge in [-0.3, -0.25) is 0 Å². The van der Waals surface area contributed by atoms with Crippen LogP contribution in [0.15, 0.2) is 10.6 Å². The number of nitrogens with zero attached hydrogens (tertiary/aromatic N) is 1. The molecule has 0 radical (unpaired) electrons. The van der Waals surface area contributed by atoms with Gasteiger partial charge in [0.1, 0.15) is 0 Å². The number of aromatic nitrogens is 1. The molecule has 4 N–H and O–H groups in total. The van der Waals surface area contributed by atoms with E-state index in [1.807, 2.05) is 0 Å². The molecule has 0 aliphatic carbocycles. The molecule has 0 spiro atoms. The molecule has 17 heavy (non-hydrogen) atoms. The lowest BCUT2D eigenvalue weighted by atomic mass is 10.3. The van der Waals surface area contributed by atoms with Crippen molar-refractivity contribution in [3.63, 3.8) is 0 Å². The van der Waals surface area contributed by atoms with Gasteiger partial charge in [0.15, 0.2) is 11.9 Å². The first-order valence-electron chi connectivity index (χ1n) is 4.84. The standard InChI is InChI=1S/C9H13N3O5/c1-5-2-6(17-12-5)3-10-9(16)11-4-7(13)8(14)15/h2,7,13H,3-4H2,1H3,(H,14,15)(H2,10,11,16)/t7-/m0/s1. The third-order valence-electron chi connectivity index (χ3n) is 1.84. The summed E-state index contributed by atoms with van der Waals surface area (Å²) in [5, 5.41) is 25.5. The van der Waals surface area contributed by atoms with Crippen molar-refractivity contribution < 1.29 is 24.3 Å². The number of hydrogen-bond acceptors (Lipinski definition) is 5. The van der Waals surface area contributed by atoms with Gasteiger partial charge in [-0.25, -0.2) is 9.59 Å². The zero-order valence-corrected chi connectivity index (χ0v) is 9.14. The molecule has 8 nitrogen and oxygen atoms in total. The number of urea groups is 1. The number of hydrogen-bond donors (Lipinski definition) is 4. The Morgan fingerprint density at radius 3 is 2.76 bits per heavy atom. The maximum atomic E-state index is 11.2. The van der Waals surface area contributed by atoms with Crippen LogP contribution in [-0.2, 0) is 11.3 Å². The largest absolute Gasteiger partial charge is 0.479 e. The Balaban J connectivity index is 2.24. The summed E-state index contributed by atoms with van der Waals surface area (Å²) in [5.41, 5.74) is 0.698. The van der Waals surface area contributed by atoms with Crippen molar-refractivity contribution >= 4 is 12.0 Å². The van der Waals surface area contributed by atoms with E-state index in [4.69, 9.17) is 14.7 Å². The summed E-state index contributed by atoms with van der Waals surface area (Å²) >= 11 is 0. The van der Waals surface area contributed by atoms with Crippen molar-refractivity contribution in [2.75, 3.05) is 6.54 Å². The molecule has 0 saturated heterocycles. The van der Waals surface area contributed by atoms with Crippen LogP contribution in [0.1, 0.15) is 11.5 Å². The Kier molecular flexibility index (Phi) is 4.46. The highest BCUT2D eigenvalue weighted by Crippen LogP contribution is 2.00. The first-order valence-corrected chi connectivity index (χ1v) is 4.84. The van der Waals surface area contributed by atoms with Crippen LogP contribution in [0.2, 0.25) is 0 Å². The zero-order chi connectivity index (χ0) is 12.8. The fraction of sp³-hybridized carbons (Fsp3) is 0.444. The minimum atomic E-state index is -1.62. The predicted molar refractivity (Wildman–Crippen MR) is 55.1 cm³/mol. The molecular weight excluding hydrogens is 230 g/mol. The van der Waals surface area contributed by atoms with Crippen LogP contribution in [0.5, 0.6) is 0 Å². The van der Waals surface area contributed by atoms with Crippen LogP contribution < -0.4 is 10.6 Å². The van der Waals surface area contributed by atoms with Crippen LogP contribution in [0.3, 0.4) is 0 Å². The molecular formula is C9H13N3O5. The molecule has 94 valence electrons. The van der Waals surface area contributed by atoms with Gasteiger partial charge in [0.2, 0.25) is 0 Å². The number of nitrogens with one attached hydrogen (secondary N) is 2. The van der Waals surface area contributed by atoms with E-state index in [9.17, 15) is 9.59 Å². The molecule has 1 rings (SSSR count). The molecule has 0 fully saturated rings. The topological polar surface area (TPSA) is 125 Å². The van der Waals surface area contributed by atoms with E-state index < -0.39 is 18.1 Å². The lowest BCUT2D eigenvalue weighted by Crippen LogP contribution is -2.41. The average Bonchev–Trinajstić information content (AvgIpc) is 2.69. The van der Waals surface area contributed by atoms with Crippen molar-refractivity contribution in [3.05, 3.63) is 17.5 Å². The predicted octanol–water partition coefficient (Wildman–Crippen LogP) is -0.772. The second kappa shape index (κ2) is 5.85. The minimum absolute atomic E-state index is 0.135. The Morgan fingerprint density at radius 2 is 2.24 bits per heavy atom. The molecule has 2 amide bonds. The summed E-state index contributed by atoms with van der Waals surface area (Å²) in [7, 11) is 0. The van der Waals surface area contributed by atoms with Crippen molar-refractivity contribution in [2.45, 2.75) is 19.6 Å². The summed E-state index contributed by atoms with van der Waals surface area (Å²) < 4.78 is 4.84. The minimum Gasteiger partial charge on any atom is -0.479 e. The van der Waals surface area contributed by atoms with E-state index in [0.29, 0.717) is 11.5 Å². The Hall–Kier alpha value is -2.09. The molecule has 0 aliphatic rings. The summed E-state index contributed by atoms with van der Waals surface area (Å²) in [6, 6.07) is 1.06. The van der Waals surface area contributed by atoms with E-state index in [-0.39, 0.29) is 13.1 Å². The number of aliphatic carboxylic acids is 1. The van der Waals surface area contributed by atoms with Gasteiger partial charge in [-0.05, 0) is 6.92 Å². The number of aryl methyl sites for hydroxylation is 1. The highest BCUT2D eigenvalue weighted by molar-refractivity contribution is 5.76. The Morgan fingerprint density at radius 1 is 1.53 bits per heavy atom. The number of aliphatic hydroxyl groups is 1. The smallest absolute Gasteiger partial charge is 0.334 e. The molecule has 0 aromatic carbocycles. The Labute approximate surface area is 96.6 Å². The maximum Gasteiger partial charge on any atom is 0.334 e. The van der Waals surface area contributed by atoms with Crippen molar-refractivity contribution in [1.82, 2.24) is 15.8 Å². The molecule has 1 heterocycles. The fourth-order valence-electron chi connectivity index (χ4n) is 1.01. The number of carboxylic acids is 1. The van der Waals surface area contributed by atoms with Gasteiger partial charge >= 0.3 is 12.0 Å². The van der Waals surface area contributed by atoms with Crippen molar-refractivity contribution in [1.29, 1.82) is 0 Å². The monoisotopic (exact) mass is 243 g/mol. The van der Waals surface area contributed by atoms with Crippen LogP contribution in [-0.4, -0.2) is 40.0 Å². The number of carbonyl (C=O) groups excluding carboxylic acids is 1. The molecule has 0 aliphatic heterocycles. The quantitative estimate of drug-likeness (QED) is 0.538. The van der Waals surface area contributed by atoms with Gasteiger partial charge < -0.3 is 25.4 Å². The summed E-state index contributed by atoms with van der Waals surface area (Å²) in [6.07, 6.45) is -1.62. The van der Waals surface area contributed by atoms with E-state index in [0.717, 1.165) is 0 Å². The lowest BCUT2D eigenvalue weighted by Gasteiger charge is -2.08. The Bertz CT molecular complexity index is 403. The fourth-order valence-corrected chi connectivity index (χ4v) is 1.01. The van der Waals surface area contributed by atoms with Crippen LogP contribution >= 0.6 is 0 Å². The van der Waals surface area contributed by atoms with E-state index >= 15 is 0 Å². The number of aliphatic hydroxyl groups excluding tert-OH is 1. The molecule has 0 unspecified atom stereocenters. The molecule has 1 aromatic rings. The molecule has 1 atom stereocenters. The summed E-state index contributed by atoms with van der Waals surface area (Å²) in [5.74, 6) is -0.910. The van der Waals surface area contributed by atoms with Gasteiger partial charge in [-0.1, -0.05) is 5.16 Å². The van der Waals surface area contributed by atoms with Gasteiger partial charge in [0, 0.05) is 6.07 Å². The zero-order valence-electron chi connectivity index (χ0n) is 9.14. The SMILES string of the molecule is Cc1cc(CNC(=O)NC[C@H](O)C(=O)O)on1. The normalized spacial score (nSPS) is 11.9. The van der Waals surface area contributed by atoms with Crippen molar-refractivity contribution in [2.24, 2.45) is 0 Å². The highest BCUT2D eigenvalue weighted by Gasteiger charge is 2.13. The van der Waals surface area contributed by atoms with E-state index in [1.165, 1.54) is 0 Å². The number of carbonyl (C=O) groups is 2. The van der Waals surface area contributed by atoms with Gasteiger partial charge in [0.05, 0.1) is 18.8 Å². The van der Waals surface area contributed by atoms with E-state index in [2.05, 4.69) is 15.8 Å². The average molecular weight is 243 g/mol. The van der Waals surface area contributed by atoms with Gasteiger partial charge in [-0.2, -0.15) is 0 Å².